The van der Waals surface area contributed by atoms with Crippen LogP contribution in [0.5, 0.6) is 0 Å². The van der Waals surface area contributed by atoms with E-state index < -0.39 is 12.3 Å². The Bertz CT molecular complexity index is 641. The van der Waals surface area contributed by atoms with Gasteiger partial charge in [-0.3, -0.25) is 0 Å². The average molecular weight is 314 g/mol. The minimum Gasteiger partial charge on any atom is -0.365 e. The van der Waals surface area contributed by atoms with E-state index in [1.807, 2.05) is 0 Å². The van der Waals surface area contributed by atoms with E-state index in [-0.39, 0.29) is 13.2 Å². The molecule has 0 saturated carbocycles. The molecular weight excluding hydrogens is 301 g/mol. The van der Waals surface area contributed by atoms with Gasteiger partial charge in [0.1, 0.15) is 5.82 Å². The molecule has 3 rings (SSSR count). The number of rotatable bonds is 2. The van der Waals surface area contributed by atoms with Crippen molar-refractivity contribution in [1.29, 1.82) is 0 Å². The first-order chi connectivity index (χ1) is 10.4. The first-order valence-electron chi connectivity index (χ1n) is 6.63. The Kier molecular flexibility index (Phi) is 3.73. The van der Waals surface area contributed by atoms with Crippen LogP contribution in [-0.4, -0.2) is 47.1 Å². The predicted octanol–water partition coefficient (Wildman–Crippen LogP) is 2.21. The fourth-order valence-electron chi connectivity index (χ4n) is 2.17. The Morgan fingerprint density at radius 3 is 2.73 bits per heavy atom. The van der Waals surface area contributed by atoms with Crippen LogP contribution in [0.2, 0.25) is 0 Å². The molecule has 0 radical (unpaired) electrons. The smallest absolute Gasteiger partial charge is 0.365 e. The second kappa shape index (κ2) is 5.56. The highest BCUT2D eigenvalue weighted by Gasteiger charge is 2.43. The molecule has 2 aromatic rings. The largest absolute Gasteiger partial charge is 0.416 e. The van der Waals surface area contributed by atoms with Crippen molar-refractivity contribution in [3.63, 3.8) is 0 Å². The van der Waals surface area contributed by atoms with Gasteiger partial charge in [0, 0.05) is 12.7 Å². The summed E-state index contributed by atoms with van der Waals surface area (Å²) in [5.41, 5.74) is 0.616. The van der Waals surface area contributed by atoms with Crippen LogP contribution in [0.25, 0.3) is 11.5 Å². The summed E-state index contributed by atoms with van der Waals surface area (Å²) in [5, 5.41) is 3.68. The van der Waals surface area contributed by atoms with Crippen LogP contribution in [0.15, 0.2) is 22.9 Å². The zero-order valence-corrected chi connectivity index (χ0v) is 11.7. The zero-order chi connectivity index (χ0) is 15.7. The third-order valence-electron chi connectivity index (χ3n) is 3.28. The van der Waals surface area contributed by atoms with Crippen molar-refractivity contribution in [3.8, 4) is 11.5 Å². The van der Waals surface area contributed by atoms with Gasteiger partial charge in [0.2, 0.25) is 0 Å². The van der Waals surface area contributed by atoms with Gasteiger partial charge in [-0.15, -0.1) is 0 Å². The van der Waals surface area contributed by atoms with Crippen LogP contribution in [0, 0.1) is 6.92 Å². The number of pyridine rings is 1. The fraction of sp³-hybridized carbons (Fsp3) is 0.462. The van der Waals surface area contributed by atoms with Crippen molar-refractivity contribution in [2.24, 2.45) is 0 Å². The maximum atomic E-state index is 12.7. The van der Waals surface area contributed by atoms with Crippen molar-refractivity contribution in [2.75, 3.05) is 24.6 Å². The molecule has 2 aromatic heterocycles. The van der Waals surface area contributed by atoms with Crippen LogP contribution in [0.3, 0.4) is 0 Å². The molecule has 1 fully saturated rings. The number of aromatic nitrogens is 3. The molecule has 0 bridgehead atoms. The lowest BCUT2D eigenvalue weighted by Gasteiger charge is -2.34. The third kappa shape index (κ3) is 3.03. The topological polar surface area (TPSA) is 64.3 Å². The minimum atomic E-state index is -4.38. The summed E-state index contributed by atoms with van der Waals surface area (Å²) in [4.78, 5) is 9.79. The lowest BCUT2D eigenvalue weighted by molar-refractivity contribution is -0.221. The molecule has 0 spiro atoms. The molecule has 0 unspecified atom stereocenters. The standard InChI is InChI=1S/C13H13F3N4O2/c1-8-18-12(22-19-8)9-2-3-11(17-6-9)20-4-5-21-10(7-20)13(14,15)16/h2-3,6,10H,4-5,7H2,1H3/t10-/m0/s1. The first-order valence-corrected chi connectivity index (χ1v) is 6.63. The molecule has 6 nitrogen and oxygen atoms in total. The van der Waals surface area contributed by atoms with E-state index >= 15 is 0 Å². The van der Waals surface area contributed by atoms with Crippen molar-refractivity contribution in [2.45, 2.75) is 19.2 Å². The number of morpholine rings is 1. The number of hydrogen-bond donors (Lipinski definition) is 0. The number of anilines is 1. The van der Waals surface area contributed by atoms with E-state index in [9.17, 15) is 13.2 Å². The fourth-order valence-corrected chi connectivity index (χ4v) is 2.17. The van der Waals surface area contributed by atoms with Gasteiger partial charge < -0.3 is 14.2 Å². The van der Waals surface area contributed by atoms with Gasteiger partial charge in [-0.05, 0) is 19.1 Å². The lowest BCUT2D eigenvalue weighted by Crippen LogP contribution is -2.49. The number of hydrogen-bond acceptors (Lipinski definition) is 6. The van der Waals surface area contributed by atoms with Gasteiger partial charge in [-0.2, -0.15) is 18.2 Å². The maximum absolute atomic E-state index is 12.7. The van der Waals surface area contributed by atoms with E-state index in [2.05, 4.69) is 15.1 Å². The molecule has 1 aliphatic rings. The van der Waals surface area contributed by atoms with Crippen LogP contribution in [0.4, 0.5) is 19.0 Å². The number of ether oxygens (including phenoxy) is 1. The van der Waals surface area contributed by atoms with Crippen LogP contribution >= 0.6 is 0 Å². The summed E-state index contributed by atoms with van der Waals surface area (Å²) in [6.07, 6.45) is -4.67. The van der Waals surface area contributed by atoms with Crippen LogP contribution in [0.1, 0.15) is 5.82 Å². The van der Waals surface area contributed by atoms with Gasteiger partial charge in [0.05, 0.1) is 18.7 Å². The quantitative estimate of drug-likeness (QED) is 0.847. The Morgan fingerprint density at radius 2 is 2.14 bits per heavy atom. The molecular formula is C13H13F3N4O2. The normalized spacial score (nSPS) is 19.5. The van der Waals surface area contributed by atoms with Crippen molar-refractivity contribution in [3.05, 3.63) is 24.2 Å². The van der Waals surface area contributed by atoms with Gasteiger partial charge in [0.25, 0.3) is 5.89 Å². The van der Waals surface area contributed by atoms with Crippen molar-refractivity contribution in [1.82, 2.24) is 15.1 Å². The zero-order valence-electron chi connectivity index (χ0n) is 11.7. The lowest BCUT2D eigenvalue weighted by atomic mass is 10.2. The Hall–Kier alpha value is -2.16. The molecule has 22 heavy (non-hydrogen) atoms. The van der Waals surface area contributed by atoms with Gasteiger partial charge >= 0.3 is 6.18 Å². The molecule has 0 amide bonds. The Morgan fingerprint density at radius 1 is 1.32 bits per heavy atom. The first kappa shape index (κ1) is 14.8. The summed E-state index contributed by atoms with van der Waals surface area (Å²) >= 11 is 0. The van der Waals surface area contributed by atoms with E-state index in [1.54, 1.807) is 24.0 Å². The number of alkyl halides is 3. The third-order valence-corrected chi connectivity index (χ3v) is 3.28. The Balaban J connectivity index is 1.75. The van der Waals surface area contributed by atoms with E-state index in [4.69, 9.17) is 9.26 Å². The van der Waals surface area contributed by atoms with Gasteiger partial charge in [-0.25, -0.2) is 4.98 Å². The van der Waals surface area contributed by atoms with Crippen molar-refractivity contribution < 1.29 is 22.4 Å². The molecule has 1 atom stereocenters. The number of aryl methyl sites for hydroxylation is 1. The molecule has 1 saturated heterocycles. The summed E-state index contributed by atoms with van der Waals surface area (Å²) < 4.78 is 47.9. The molecule has 3 heterocycles. The maximum Gasteiger partial charge on any atom is 0.416 e. The van der Waals surface area contributed by atoms with E-state index in [1.165, 1.54) is 6.20 Å². The summed E-state index contributed by atoms with van der Waals surface area (Å²) in [5.74, 6) is 1.28. The van der Waals surface area contributed by atoms with E-state index in [0.717, 1.165) is 0 Å². The summed E-state index contributed by atoms with van der Waals surface area (Å²) in [7, 11) is 0. The molecule has 0 aromatic carbocycles. The average Bonchev–Trinajstić information content (AvgIpc) is 2.93. The molecule has 1 aliphatic heterocycles. The highest BCUT2D eigenvalue weighted by Crippen LogP contribution is 2.28. The van der Waals surface area contributed by atoms with Gasteiger partial charge in [0.15, 0.2) is 11.9 Å². The van der Waals surface area contributed by atoms with Crippen LogP contribution in [-0.2, 0) is 4.74 Å². The minimum absolute atomic E-state index is 0.0104. The summed E-state index contributed by atoms with van der Waals surface area (Å²) in [6.45, 7) is 1.80. The molecule has 9 heteroatoms. The SMILES string of the molecule is Cc1noc(-c2ccc(N3CCO[C@H](C(F)(F)F)C3)nc2)n1. The Labute approximate surface area is 123 Å². The molecule has 118 valence electrons. The van der Waals surface area contributed by atoms with Crippen molar-refractivity contribution >= 4 is 5.82 Å². The van der Waals surface area contributed by atoms with E-state index in [0.29, 0.717) is 29.6 Å². The second-order valence-corrected chi connectivity index (χ2v) is 4.90. The number of nitrogens with zero attached hydrogens (tertiary/aromatic N) is 4. The molecule has 0 N–H and O–H groups in total. The second-order valence-electron chi connectivity index (χ2n) is 4.90. The predicted molar refractivity (Wildman–Crippen MR) is 70.3 cm³/mol. The summed E-state index contributed by atoms with van der Waals surface area (Å²) in [6, 6.07) is 3.32. The number of halogens is 3. The monoisotopic (exact) mass is 314 g/mol. The highest BCUT2D eigenvalue weighted by atomic mass is 19.4. The highest BCUT2D eigenvalue weighted by molar-refractivity contribution is 5.54. The van der Waals surface area contributed by atoms with Gasteiger partial charge in [-0.1, -0.05) is 5.16 Å². The molecule has 0 aliphatic carbocycles. The van der Waals surface area contributed by atoms with Crippen LogP contribution < -0.4 is 4.90 Å².